The second-order valence-electron chi connectivity index (χ2n) is 6.72. The Kier molecular flexibility index (Phi) is 4.35. The molecule has 2 amide bonds. The van der Waals surface area contributed by atoms with Crippen LogP contribution in [0.5, 0.6) is 0 Å². The highest BCUT2D eigenvalue weighted by atomic mass is 32.2. The molecule has 128 valence electrons. The average Bonchev–Trinajstić information content (AvgIpc) is 3.03. The first-order chi connectivity index (χ1) is 11.8. The zero-order valence-corrected chi connectivity index (χ0v) is 14.6. The summed E-state index contributed by atoms with van der Waals surface area (Å²) >= 11 is 2.08. The number of hydrogen-bond acceptors (Lipinski definition) is 4. The summed E-state index contributed by atoms with van der Waals surface area (Å²) in [5, 5.41) is 11.3. The van der Waals surface area contributed by atoms with E-state index in [0.717, 1.165) is 30.3 Å². The van der Waals surface area contributed by atoms with Crippen molar-refractivity contribution in [1.29, 1.82) is 0 Å². The fraction of sp³-hybridized carbons (Fsp3) is 0.588. The van der Waals surface area contributed by atoms with E-state index in [-0.39, 0.29) is 6.03 Å². The first-order valence-electron chi connectivity index (χ1n) is 8.71. The molecule has 1 saturated carbocycles. The summed E-state index contributed by atoms with van der Waals surface area (Å²) in [5.41, 5.74) is 0.803. The largest absolute Gasteiger partial charge is 0.331 e. The quantitative estimate of drug-likeness (QED) is 0.909. The Hall–Kier alpha value is -1.76. The van der Waals surface area contributed by atoms with Crippen LogP contribution in [0.25, 0.3) is 5.65 Å². The Bertz CT molecular complexity index is 719. The molecule has 1 aliphatic heterocycles. The summed E-state index contributed by atoms with van der Waals surface area (Å²) in [6, 6.07) is 5.80. The maximum Gasteiger partial charge on any atom is 0.317 e. The summed E-state index contributed by atoms with van der Waals surface area (Å²) in [5.74, 6) is 1.80. The third-order valence-electron chi connectivity index (χ3n) is 5.08. The Morgan fingerprint density at radius 2 is 2.12 bits per heavy atom. The monoisotopic (exact) mass is 345 g/mol. The molecule has 3 heterocycles. The zero-order valence-electron chi connectivity index (χ0n) is 13.8. The summed E-state index contributed by atoms with van der Waals surface area (Å²) in [6.45, 7) is 2.11. The molecule has 1 aliphatic carbocycles. The highest BCUT2D eigenvalue weighted by molar-refractivity contribution is 8.00. The fourth-order valence-corrected chi connectivity index (χ4v) is 5.36. The van der Waals surface area contributed by atoms with E-state index < -0.39 is 0 Å². The lowest BCUT2D eigenvalue weighted by Crippen LogP contribution is -2.52. The highest BCUT2D eigenvalue weighted by Crippen LogP contribution is 2.42. The van der Waals surface area contributed by atoms with Gasteiger partial charge < -0.3 is 10.2 Å². The second-order valence-corrected chi connectivity index (χ2v) is 8.28. The molecule has 4 rings (SSSR count). The second kappa shape index (κ2) is 6.63. The van der Waals surface area contributed by atoms with Gasteiger partial charge in [0, 0.05) is 29.8 Å². The van der Waals surface area contributed by atoms with Crippen LogP contribution in [0.3, 0.4) is 0 Å². The van der Waals surface area contributed by atoms with Crippen LogP contribution in [0.1, 0.15) is 37.9 Å². The standard InChI is InChI=1S/C17H23N5OS/c23-16(18-12-15-20-19-14-6-2-5-9-22(14)15)21-10-11-24-17(13-21)7-3-1-4-8-17/h2,5-6,9H,1,3-4,7-8,10-13H2,(H,18,23). The number of aromatic nitrogens is 3. The number of rotatable bonds is 2. The minimum atomic E-state index is 0.0212. The molecular weight excluding hydrogens is 322 g/mol. The third kappa shape index (κ3) is 3.09. The van der Waals surface area contributed by atoms with Crippen molar-refractivity contribution in [2.45, 2.75) is 43.4 Å². The van der Waals surface area contributed by atoms with Gasteiger partial charge in [-0.3, -0.25) is 4.40 Å². The molecule has 0 atom stereocenters. The Labute approximate surface area is 146 Å². The normalized spacial score (nSPS) is 20.4. The Balaban J connectivity index is 1.39. The number of fused-ring (bicyclic) bond motifs is 1. The van der Waals surface area contributed by atoms with Crippen molar-refractivity contribution in [3.8, 4) is 0 Å². The molecule has 24 heavy (non-hydrogen) atoms. The predicted molar refractivity (Wildman–Crippen MR) is 95.1 cm³/mol. The van der Waals surface area contributed by atoms with Gasteiger partial charge in [0.05, 0.1) is 6.54 Å². The van der Waals surface area contributed by atoms with Crippen LogP contribution in [0, 0.1) is 0 Å². The lowest BCUT2D eigenvalue weighted by molar-refractivity contribution is 0.184. The van der Waals surface area contributed by atoms with Crippen molar-refractivity contribution in [1.82, 2.24) is 24.8 Å². The zero-order chi connectivity index (χ0) is 16.4. The average molecular weight is 345 g/mol. The predicted octanol–water partition coefficient (Wildman–Crippen LogP) is 2.69. The first-order valence-corrected chi connectivity index (χ1v) is 9.70. The molecule has 7 heteroatoms. The van der Waals surface area contributed by atoms with Crippen molar-refractivity contribution >= 4 is 23.4 Å². The van der Waals surface area contributed by atoms with Crippen molar-refractivity contribution < 1.29 is 4.79 Å². The van der Waals surface area contributed by atoms with Gasteiger partial charge >= 0.3 is 6.03 Å². The maximum atomic E-state index is 12.6. The minimum Gasteiger partial charge on any atom is -0.331 e. The van der Waals surface area contributed by atoms with E-state index in [9.17, 15) is 4.79 Å². The highest BCUT2D eigenvalue weighted by Gasteiger charge is 2.38. The van der Waals surface area contributed by atoms with Gasteiger partial charge in [-0.25, -0.2) is 4.79 Å². The van der Waals surface area contributed by atoms with E-state index in [2.05, 4.69) is 27.3 Å². The van der Waals surface area contributed by atoms with E-state index >= 15 is 0 Å². The molecule has 0 unspecified atom stereocenters. The third-order valence-corrected chi connectivity index (χ3v) is 6.62. The topological polar surface area (TPSA) is 62.5 Å². The molecule has 0 bridgehead atoms. The number of carbonyl (C=O) groups excluding carboxylic acids is 1. The van der Waals surface area contributed by atoms with Crippen LogP contribution < -0.4 is 5.32 Å². The van der Waals surface area contributed by atoms with Crippen LogP contribution in [0.2, 0.25) is 0 Å². The molecular formula is C17H23N5OS. The van der Waals surface area contributed by atoms with Gasteiger partial charge in [-0.15, -0.1) is 10.2 Å². The van der Waals surface area contributed by atoms with Gasteiger partial charge in [0.25, 0.3) is 0 Å². The van der Waals surface area contributed by atoms with Crippen molar-refractivity contribution in [2.24, 2.45) is 0 Å². The van der Waals surface area contributed by atoms with Crippen LogP contribution in [-0.4, -0.2) is 49.1 Å². The van der Waals surface area contributed by atoms with E-state index in [1.54, 1.807) is 0 Å². The molecule has 6 nitrogen and oxygen atoms in total. The van der Waals surface area contributed by atoms with Gasteiger partial charge in [0.1, 0.15) is 0 Å². The van der Waals surface area contributed by atoms with Gasteiger partial charge in [0.15, 0.2) is 11.5 Å². The first kappa shape index (κ1) is 15.7. The van der Waals surface area contributed by atoms with Gasteiger partial charge in [0.2, 0.25) is 0 Å². The number of hydrogen-bond donors (Lipinski definition) is 1. The van der Waals surface area contributed by atoms with E-state index in [0.29, 0.717) is 11.3 Å². The van der Waals surface area contributed by atoms with Gasteiger partial charge in [-0.1, -0.05) is 25.3 Å². The van der Waals surface area contributed by atoms with Gasteiger partial charge in [-0.2, -0.15) is 11.8 Å². The Morgan fingerprint density at radius 3 is 3.00 bits per heavy atom. The van der Waals surface area contributed by atoms with Crippen molar-refractivity contribution in [2.75, 3.05) is 18.8 Å². The lowest BCUT2D eigenvalue weighted by Gasteiger charge is -2.44. The van der Waals surface area contributed by atoms with Crippen LogP contribution >= 0.6 is 11.8 Å². The molecule has 2 aromatic rings. The summed E-state index contributed by atoms with van der Waals surface area (Å²) < 4.78 is 2.21. The molecule has 2 aromatic heterocycles. The molecule has 1 N–H and O–H groups in total. The van der Waals surface area contributed by atoms with E-state index in [4.69, 9.17) is 0 Å². The number of amides is 2. The SMILES string of the molecule is O=C(NCc1nnc2ccccn12)N1CCSC2(CCCCC2)C1. The number of urea groups is 1. The number of nitrogens with zero attached hydrogens (tertiary/aromatic N) is 4. The van der Waals surface area contributed by atoms with Crippen LogP contribution in [0.4, 0.5) is 4.79 Å². The van der Waals surface area contributed by atoms with Crippen LogP contribution in [0.15, 0.2) is 24.4 Å². The summed E-state index contributed by atoms with van der Waals surface area (Å²) in [6.07, 6.45) is 8.36. The molecule has 0 aromatic carbocycles. The minimum absolute atomic E-state index is 0.0212. The van der Waals surface area contributed by atoms with Gasteiger partial charge in [-0.05, 0) is 25.0 Å². The number of carbonyl (C=O) groups is 1. The van der Waals surface area contributed by atoms with Crippen molar-refractivity contribution in [3.63, 3.8) is 0 Å². The van der Waals surface area contributed by atoms with E-state index in [1.807, 2.05) is 33.7 Å². The molecule has 1 saturated heterocycles. The molecule has 0 radical (unpaired) electrons. The number of thioether (sulfide) groups is 1. The molecule has 2 fully saturated rings. The summed E-state index contributed by atoms with van der Waals surface area (Å²) in [7, 11) is 0. The number of nitrogens with one attached hydrogen (secondary N) is 1. The smallest absolute Gasteiger partial charge is 0.317 e. The Morgan fingerprint density at radius 1 is 1.25 bits per heavy atom. The summed E-state index contributed by atoms with van der Waals surface area (Å²) in [4.78, 5) is 14.6. The lowest BCUT2D eigenvalue weighted by atomic mass is 9.87. The van der Waals surface area contributed by atoms with Crippen LogP contribution in [-0.2, 0) is 6.54 Å². The molecule has 1 spiro atoms. The maximum absolute atomic E-state index is 12.6. The van der Waals surface area contributed by atoms with E-state index in [1.165, 1.54) is 32.1 Å². The fourth-order valence-electron chi connectivity index (χ4n) is 3.79. The van der Waals surface area contributed by atoms with Crippen molar-refractivity contribution in [3.05, 3.63) is 30.2 Å². The number of pyridine rings is 1. The molecule has 2 aliphatic rings.